The van der Waals surface area contributed by atoms with Crippen molar-refractivity contribution in [3.05, 3.63) is 243 Å². The fourth-order valence-corrected chi connectivity index (χ4v) is 13.6. The molecular formula is C74H78N7O14P. The Morgan fingerprint density at radius 1 is 0.708 bits per heavy atom. The molecule has 1 aromatic heterocycles. The molecule has 1 aliphatic carbocycles. The van der Waals surface area contributed by atoms with Gasteiger partial charge in [-0.1, -0.05) is 127 Å². The quantitative estimate of drug-likeness (QED) is 0.0146. The largest absolute Gasteiger partial charge is 0.513 e. The van der Waals surface area contributed by atoms with E-state index >= 15 is 0 Å². The van der Waals surface area contributed by atoms with Crippen LogP contribution in [0.25, 0.3) is 11.1 Å². The Kier molecular flexibility index (Phi) is 23.4. The summed E-state index contributed by atoms with van der Waals surface area (Å²) in [6.45, 7) is 8.61. The lowest BCUT2D eigenvalue weighted by Gasteiger charge is -2.39. The van der Waals surface area contributed by atoms with Crippen molar-refractivity contribution in [2.24, 2.45) is 0 Å². The fourth-order valence-electron chi connectivity index (χ4n) is 11.8. The van der Waals surface area contributed by atoms with E-state index in [1.54, 1.807) is 69.8 Å². The summed E-state index contributed by atoms with van der Waals surface area (Å²) in [7, 11) is 3.02. The second-order valence-electron chi connectivity index (χ2n) is 23.5. The molecule has 22 heteroatoms. The normalized spacial score (nSPS) is 15.3. The van der Waals surface area contributed by atoms with Crippen LogP contribution < -0.4 is 30.5 Å². The summed E-state index contributed by atoms with van der Waals surface area (Å²) in [6.07, 6.45) is -1.99. The van der Waals surface area contributed by atoms with Crippen LogP contribution in [0, 0.1) is 11.3 Å². The van der Waals surface area contributed by atoms with E-state index in [2.05, 4.69) is 66.2 Å². The number of rotatable bonds is 29. The number of benzene rings is 7. The maximum Gasteiger partial charge on any atom is 0.513 e. The average molecular weight is 1320 g/mol. The van der Waals surface area contributed by atoms with Gasteiger partial charge in [-0.15, -0.1) is 0 Å². The lowest BCUT2D eigenvalue weighted by molar-refractivity contribution is -0.120. The third-order valence-corrected chi connectivity index (χ3v) is 18.7. The number of ether oxygens (including phenoxy) is 7. The minimum atomic E-state index is -1.77. The van der Waals surface area contributed by atoms with Gasteiger partial charge in [0.2, 0.25) is 5.91 Å². The summed E-state index contributed by atoms with van der Waals surface area (Å²) >= 11 is 0. The van der Waals surface area contributed by atoms with E-state index in [1.165, 1.54) is 21.7 Å². The molecule has 2 aliphatic rings. The minimum Gasteiger partial charge on any atom is -0.497 e. The van der Waals surface area contributed by atoms with E-state index in [-0.39, 0.29) is 99.8 Å². The Morgan fingerprint density at radius 2 is 1.29 bits per heavy atom. The second-order valence-corrected chi connectivity index (χ2v) is 25.0. The lowest BCUT2D eigenvalue weighted by atomic mass is 9.80. The number of aromatic nitrogens is 2. The number of nitrogens with one attached hydrogen (secondary N) is 2. The van der Waals surface area contributed by atoms with Gasteiger partial charge in [-0.2, -0.15) is 10.2 Å². The number of likely N-dealkylation sites (N-methyl/N-ethyl adjacent to an activating group) is 1. The first-order chi connectivity index (χ1) is 46.5. The predicted molar refractivity (Wildman–Crippen MR) is 361 cm³/mol. The Balaban J connectivity index is 0.729. The number of anilines is 1. The molecule has 3 amide bonds. The molecule has 2 N–H and O–H groups in total. The first-order valence-corrected chi connectivity index (χ1v) is 32.8. The highest BCUT2D eigenvalue weighted by Crippen LogP contribution is 2.51. The third-order valence-electron chi connectivity index (χ3n) is 16.6. The van der Waals surface area contributed by atoms with Gasteiger partial charge in [0, 0.05) is 49.8 Å². The van der Waals surface area contributed by atoms with E-state index in [9.17, 15) is 29.2 Å². The summed E-state index contributed by atoms with van der Waals surface area (Å²) in [5, 5.41) is 15.1. The van der Waals surface area contributed by atoms with Crippen LogP contribution in [0.5, 0.6) is 17.2 Å². The maximum absolute atomic E-state index is 14.1. The number of hydrogen-bond acceptors (Lipinski definition) is 17. The maximum atomic E-state index is 14.1. The van der Waals surface area contributed by atoms with E-state index in [0.29, 0.717) is 17.1 Å². The zero-order chi connectivity index (χ0) is 67.7. The van der Waals surface area contributed by atoms with Crippen LogP contribution in [0.2, 0.25) is 0 Å². The highest BCUT2D eigenvalue weighted by Gasteiger charge is 2.45. The van der Waals surface area contributed by atoms with Crippen LogP contribution in [0.1, 0.15) is 102 Å². The van der Waals surface area contributed by atoms with Crippen LogP contribution in [0.3, 0.4) is 0 Å². The third kappa shape index (κ3) is 16.8. The Hall–Kier alpha value is -9.78. The molecule has 21 nitrogen and oxygen atoms in total. The van der Waals surface area contributed by atoms with E-state index in [1.807, 2.05) is 115 Å². The molecule has 0 saturated carbocycles. The topological polar surface area (TPSA) is 241 Å². The molecule has 1 aliphatic heterocycles. The van der Waals surface area contributed by atoms with Crippen molar-refractivity contribution in [1.82, 2.24) is 24.4 Å². The average Bonchev–Trinajstić information content (AvgIpc) is 1.21. The Morgan fingerprint density at radius 3 is 1.89 bits per heavy atom. The van der Waals surface area contributed by atoms with Gasteiger partial charge in [-0.25, -0.2) is 19.1 Å². The fraction of sp³-hybridized carbons (Fsp3) is 0.311. The van der Waals surface area contributed by atoms with Gasteiger partial charge < -0.3 is 57.7 Å². The lowest BCUT2D eigenvalue weighted by Crippen LogP contribution is -2.39. The predicted octanol–water partition coefficient (Wildman–Crippen LogP) is 12.7. The van der Waals surface area contributed by atoms with Crippen molar-refractivity contribution >= 4 is 38.4 Å². The van der Waals surface area contributed by atoms with Crippen molar-refractivity contribution in [3.63, 3.8) is 0 Å². The smallest absolute Gasteiger partial charge is 0.497 e. The van der Waals surface area contributed by atoms with Crippen LogP contribution >= 0.6 is 8.53 Å². The minimum absolute atomic E-state index is 0.00198. The van der Waals surface area contributed by atoms with Crippen molar-refractivity contribution in [3.8, 4) is 34.4 Å². The van der Waals surface area contributed by atoms with E-state index in [0.717, 1.165) is 44.5 Å². The van der Waals surface area contributed by atoms with Gasteiger partial charge in [0.1, 0.15) is 54.2 Å². The highest BCUT2D eigenvalue weighted by atomic mass is 31.2. The standard InChI is InChI=1S/C74H78N7O14P/c1-49(2)81(50(3)4)96(92-42-15-39-75)95-65-45-69(94-66(65)48-91-74(54-16-9-8-10-17-54,55-28-34-57(87-6)35-29-55)56-30-36-58(88-7)37-31-56)80-40-38-67(78-71(80)84)77-70(83)53-26-22-52(23-27-53)46-76-68(82)44-51-24-32-59(33-25-51)93-73(86)89-43-41-79(5)72(85)90-47-64-62-20-13-11-18-60(62)61-19-12-14-21-63(61)64/h8-14,16-38,40,49-50,64-66,69H,15,41-48H2,1-7H3,(H,76,82)(H,77,78,83,84)/t65-,66-,69?,96?/m1/s1. The summed E-state index contributed by atoms with van der Waals surface area (Å²) < 4.78 is 58.4. The molecular weight excluding hydrogens is 1240 g/mol. The molecule has 0 spiro atoms. The summed E-state index contributed by atoms with van der Waals surface area (Å²) in [5.41, 5.74) is 6.69. The number of fused-ring (bicyclic) bond motifs is 3. The Bertz CT molecular complexity index is 3940. The number of carbonyl (C=O) groups is 4. The SMILES string of the molecule is COc1ccc(C(OC[C@H]2OC(n3ccc(NC(=O)c4ccc(CNC(=O)Cc5ccc(OC(=O)OCCN(C)C(=O)OCC6c7ccccc7-c7ccccc76)cc5)cc4)nc3=O)C[C@H]2OP(OCCC#N)N(C(C)C)C(C)C)(c2ccccc2)c2ccc(OC)cc2)cc1. The van der Waals surface area contributed by atoms with E-state index < -0.39 is 56.4 Å². The molecule has 96 heavy (non-hydrogen) atoms. The summed E-state index contributed by atoms with van der Waals surface area (Å²) in [5.74, 6) is 0.688. The van der Waals surface area contributed by atoms with Crippen molar-refractivity contribution in [1.29, 1.82) is 5.26 Å². The molecule has 2 unspecified atom stereocenters. The number of nitrogens with zero attached hydrogens (tertiary/aromatic N) is 5. The van der Waals surface area contributed by atoms with Gasteiger partial charge in [0.25, 0.3) is 14.4 Å². The summed E-state index contributed by atoms with van der Waals surface area (Å²) in [4.78, 5) is 71.8. The number of nitriles is 1. The van der Waals surface area contributed by atoms with Crippen molar-refractivity contribution in [2.45, 2.75) is 95.5 Å². The zero-order valence-corrected chi connectivity index (χ0v) is 55.5. The number of methoxy groups -OCH3 is 2. The molecule has 1 saturated heterocycles. The van der Waals surface area contributed by atoms with Gasteiger partial charge >= 0.3 is 17.9 Å². The number of amides is 3. The highest BCUT2D eigenvalue weighted by molar-refractivity contribution is 7.44. The van der Waals surface area contributed by atoms with Crippen LogP contribution in [-0.2, 0) is 51.4 Å². The summed E-state index contributed by atoms with van der Waals surface area (Å²) in [6, 6.07) is 58.1. The van der Waals surface area contributed by atoms with Gasteiger partial charge in [0.15, 0.2) is 0 Å². The molecule has 2 heterocycles. The van der Waals surface area contributed by atoms with Crippen LogP contribution in [0.4, 0.5) is 15.4 Å². The molecule has 0 bridgehead atoms. The van der Waals surface area contributed by atoms with Crippen LogP contribution in [-0.4, -0.2) is 122 Å². The van der Waals surface area contributed by atoms with Crippen molar-refractivity contribution < 1.29 is 61.4 Å². The molecule has 498 valence electrons. The molecule has 8 aromatic rings. The van der Waals surface area contributed by atoms with Gasteiger partial charge in [-0.3, -0.25) is 14.2 Å². The monoisotopic (exact) mass is 1320 g/mol. The van der Waals surface area contributed by atoms with Gasteiger partial charge in [0.05, 0.1) is 59.0 Å². The molecule has 10 rings (SSSR count). The first-order valence-electron chi connectivity index (χ1n) is 31.7. The van der Waals surface area contributed by atoms with Gasteiger partial charge in [-0.05, 0) is 132 Å². The number of hydrogen-bond donors (Lipinski definition) is 2. The zero-order valence-electron chi connectivity index (χ0n) is 54.6. The molecule has 1 fully saturated rings. The Labute approximate surface area is 559 Å². The first kappa shape index (κ1) is 69.1. The molecule has 0 radical (unpaired) electrons. The molecule has 7 aromatic carbocycles. The second kappa shape index (κ2) is 32.6. The molecule has 4 atom stereocenters. The van der Waals surface area contributed by atoms with Crippen molar-refractivity contribution in [2.75, 3.05) is 59.6 Å². The van der Waals surface area contributed by atoms with E-state index in [4.69, 9.17) is 42.2 Å². The number of carbonyl (C=O) groups excluding carboxylic acids is 4. The van der Waals surface area contributed by atoms with Crippen LogP contribution in [0.15, 0.2) is 193 Å².